The third kappa shape index (κ3) is 7.98. The van der Waals surface area contributed by atoms with Gasteiger partial charge in [0.15, 0.2) is 0 Å². The molecule has 0 aliphatic heterocycles. The van der Waals surface area contributed by atoms with Gasteiger partial charge in [0, 0.05) is 0 Å². The van der Waals surface area contributed by atoms with E-state index in [1.54, 1.807) is 0 Å². The van der Waals surface area contributed by atoms with E-state index in [1.165, 1.54) is 6.08 Å². The van der Waals surface area contributed by atoms with Crippen LogP contribution < -0.4 is 0 Å². The van der Waals surface area contributed by atoms with Crippen LogP contribution in [0.1, 0.15) is 0 Å². The summed E-state index contributed by atoms with van der Waals surface area (Å²) < 4.78 is 14.4. The standard InChI is InChI=1S/C4H7O5P.2Na.2H/c1-2-3-9-10(7,8)4(5)6;;;;/h2H,1,3H2,(H,5,6)(H,7,8);;;;. The number of hydrogen-bond acceptors (Lipinski definition) is 3. The summed E-state index contributed by atoms with van der Waals surface area (Å²) in [6, 6.07) is 0. The molecule has 0 radical (unpaired) electrons. The van der Waals surface area contributed by atoms with Gasteiger partial charge in [-0.3, -0.25) is 4.52 Å². The second-order valence-electron chi connectivity index (χ2n) is 1.39. The quantitative estimate of drug-likeness (QED) is 0.383. The van der Waals surface area contributed by atoms with Gasteiger partial charge in [-0.05, 0) is 0 Å². The van der Waals surface area contributed by atoms with E-state index >= 15 is 0 Å². The Bertz CT molecular complexity index is 194. The predicted octanol–water partition coefficient (Wildman–Crippen LogP) is -0.245. The zero-order chi connectivity index (χ0) is 8.20. The van der Waals surface area contributed by atoms with E-state index in [1.807, 2.05) is 0 Å². The first-order valence-electron chi connectivity index (χ1n) is 2.32. The van der Waals surface area contributed by atoms with Gasteiger partial charge in [-0.1, -0.05) is 6.08 Å². The van der Waals surface area contributed by atoms with Crippen molar-refractivity contribution in [3.05, 3.63) is 12.7 Å². The van der Waals surface area contributed by atoms with Gasteiger partial charge < -0.3 is 10.00 Å². The first-order chi connectivity index (χ1) is 4.50. The van der Waals surface area contributed by atoms with Crippen LogP contribution in [0.5, 0.6) is 0 Å². The average Bonchev–Trinajstić information content (AvgIpc) is 1.84. The third-order valence-corrected chi connectivity index (χ3v) is 1.59. The Morgan fingerprint density at radius 2 is 2.00 bits per heavy atom. The topological polar surface area (TPSA) is 83.8 Å². The van der Waals surface area contributed by atoms with Gasteiger partial charge in [0.1, 0.15) is 0 Å². The summed E-state index contributed by atoms with van der Waals surface area (Å²) in [7, 11) is -4.44. The van der Waals surface area contributed by atoms with Gasteiger partial charge in [0.2, 0.25) is 0 Å². The molecule has 0 aromatic heterocycles. The maximum atomic E-state index is 10.4. The summed E-state index contributed by atoms with van der Waals surface area (Å²) >= 11 is 0. The molecule has 0 saturated heterocycles. The fourth-order valence-corrected chi connectivity index (χ4v) is 0.627. The van der Waals surface area contributed by atoms with E-state index in [4.69, 9.17) is 10.00 Å². The van der Waals surface area contributed by atoms with Crippen molar-refractivity contribution in [3.63, 3.8) is 0 Å². The summed E-state index contributed by atoms with van der Waals surface area (Å²) in [6.07, 6.45) is 1.19. The van der Waals surface area contributed by atoms with E-state index in [9.17, 15) is 9.36 Å². The molecule has 0 rings (SSSR count). The van der Waals surface area contributed by atoms with Crippen molar-refractivity contribution in [3.8, 4) is 0 Å². The zero-order valence-electron chi connectivity index (χ0n) is 5.06. The summed E-state index contributed by atoms with van der Waals surface area (Å²) in [4.78, 5) is 18.3. The Morgan fingerprint density at radius 3 is 2.25 bits per heavy atom. The summed E-state index contributed by atoms with van der Waals surface area (Å²) in [5.41, 5.74) is -1.85. The molecular weight excluding hydrogens is 205 g/mol. The molecule has 0 fully saturated rings. The van der Waals surface area contributed by atoms with Crippen LogP contribution in [-0.4, -0.2) is 81.4 Å². The van der Waals surface area contributed by atoms with E-state index in [-0.39, 0.29) is 65.7 Å². The number of hydrogen-bond donors (Lipinski definition) is 2. The molecule has 0 aromatic rings. The van der Waals surface area contributed by atoms with Crippen molar-refractivity contribution in [2.75, 3.05) is 6.61 Å². The second kappa shape index (κ2) is 8.94. The van der Waals surface area contributed by atoms with Crippen LogP contribution in [0.25, 0.3) is 0 Å². The van der Waals surface area contributed by atoms with Gasteiger partial charge in [0.25, 0.3) is 0 Å². The van der Waals surface area contributed by atoms with Crippen molar-refractivity contribution < 1.29 is 23.9 Å². The first-order valence-corrected chi connectivity index (χ1v) is 3.90. The molecule has 0 amide bonds. The summed E-state index contributed by atoms with van der Waals surface area (Å²) in [5, 5.41) is 8.00. The van der Waals surface area contributed by atoms with Gasteiger partial charge in [-0.2, -0.15) is 0 Å². The van der Waals surface area contributed by atoms with Crippen LogP contribution in [0.4, 0.5) is 4.79 Å². The Balaban J connectivity index is -0.000000405. The van der Waals surface area contributed by atoms with Crippen LogP contribution in [0.2, 0.25) is 0 Å². The molecule has 2 N–H and O–H groups in total. The van der Waals surface area contributed by atoms with Crippen molar-refractivity contribution in [1.29, 1.82) is 0 Å². The molecule has 0 aliphatic rings. The monoisotopic (exact) mass is 214 g/mol. The van der Waals surface area contributed by atoms with Crippen LogP contribution in [0.3, 0.4) is 0 Å². The normalized spacial score (nSPS) is 13.1. The van der Waals surface area contributed by atoms with E-state index < -0.39 is 13.3 Å². The van der Waals surface area contributed by atoms with Crippen molar-refractivity contribution in [1.82, 2.24) is 0 Å². The van der Waals surface area contributed by atoms with Gasteiger partial charge in [-0.25, -0.2) is 9.36 Å². The van der Waals surface area contributed by atoms with Gasteiger partial charge in [-0.15, -0.1) is 6.58 Å². The van der Waals surface area contributed by atoms with Crippen LogP contribution in [0, 0.1) is 0 Å². The molecule has 12 heavy (non-hydrogen) atoms. The molecular formula is C4H9Na2O5P. The van der Waals surface area contributed by atoms with Crippen LogP contribution >= 0.6 is 7.60 Å². The Morgan fingerprint density at radius 1 is 1.58 bits per heavy atom. The molecule has 0 spiro atoms. The van der Waals surface area contributed by atoms with Crippen LogP contribution in [0.15, 0.2) is 12.7 Å². The fourth-order valence-electron chi connectivity index (χ4n) is 0.209. The Kier molecular flexibility index (Phi) is 14.2. The molecule has 0 heterocycles. The van der Waals surface area contributed by atoms with E-state index in [2.05, 4.69) is 11.1 Å². The second-order valence-corrected chi connectivity index (χ2v) is 3.07. The zero-order valence-corrected chi connectivity index (χ0v) is 5.95. The minimum atomic E-state index is -4.44. The molecule has 1 unspecified atom stereocenters. The maximum absolute atomic E-state index is 10.4. The minimum absolute atomic E-state index is 0. The molecule has 5 nitrogen and oxygen atoms in total. The van der Waals surface area contributed by atoms with Crippen molar-refractivity contribution in [2.24, 2.45) is 0 Å². The molecule has 0 aromatic carbocycles. The molecule has 0 bridgehead atoms. The SMILES string of the molecule is C=CCOP(=O)(O)C(=O)O.[NaH].[NaH]. The summed E-state index contributed by atoms with van der Waals surface area (Å²) in [5.74, 6) is 0. The Hall–Kier alpha value is 1.36. The number of rotatable bonds is 4. The summed E-state index contributed by atoms with van der Waals surface area (Å²) in [6.45, 7) is 2.92. The third-order valence-electron chi connectivity index (χ3n) is 0.609. The van der Waals surface area contributed by atoms with E-state index in [0.29, 0.717) is 0 Å². The molecule has 0 saturated carbocycles. The van der Waals surface area contributed by atoms with Crippen molar-refractivity contribution in [2.45, 2.75) is 0 Å². The van der Waals surface area contributed by atoms with Crippen LogP contribution in [-0.2, 0) is 9.09 Å². The number of carboxylic acid groups (broad SMARTS) is 1. The Labute approximate surface area is 114 Å². The first kappa shape index (κ1) is 19.0. The molecule has 1 atom stereocenters. The number of carbonyl (C=O) groups is 1. The van der Waals surface area contributed by atoms with Crippen molar-refractivity contribution >= 4 is 72.4 Å². The fraction of sp³-hybridized carbons (Fsp3) is 0.250. The molecule has 62 valence electrons. The molecule has 8 heteroatoms. The van der Waals surface area contributed by atoms with Gasteiger partial charge >= 0.3 is 72.4 Å². The predicted molar refractivity (Wildman–Crippen MR) is 48.3 cm³/mol. The van der Waals surface area contributed by atoms with E-state index in [0.717, 1.165) is 0 Å². The molecule has 0 aliphatic carbocycles. The van der Waals surface area contributed by atoms with Gasteiger partial charge in [0.05, 0.1) is 6.61 Å². The average molecular weight is 214 g/mol.